The van der Waals surface area contributed by atoms with Crippen molar-refractivity contribution in [3.8, 4) is 0 Å². The molecule has 2 N–H and O–H groups in total. The smallest absolute Gasteiger partial charge is 0.0710 e. The van der Waals surface area contributed by atoms with E-state index in [1.54, 1.807) is 0 Å². The molecule has 3 rings (SSSR count). The number of likely N-dealkylation sites (tertiary alicyclic amines) is 1. The Morgan fingerprint density at radius 2 is 1.95 bits per heavy atom. The van der Waals surface area contributed by atoms with Crippen molar-refractivity contribution in [3.05, 3.63) is 0 Å². The number of hydrogen-bond acceptors (Lipinski definition) is 3. The van der Waals surface area contributed by atoms with Crippen LogP contribution in [0.5, 0.6) is 0 Å². The van der Waals surface area contributed by atoms with E-state index in [4.69, 9.17) is 10.5 Å². The van der Waals surface area contributed by atoms with Gasteiger partial charge in [0.05, 0.1) is 11.7 Å². The van der Waals surface area contributed by atoms with Gasteiger partial charge in [0.2, 0.25) is 0 Å². The summed E-state index contributed by atoms with van der Waals surface area (Å²) in [5.41, 5.74) is 5.95. The molecule has 2 saturated heterocycles. The molecule has 0 aromatic rings. The topological polar surface area (TPSA) is 38.5 Å². The molecule has 3 fully saturated rings. The van der Waals surface area contributed by atoms with Gasteiger partial charge in [0.25, 0.3) is 0 Å². The first-order chi connectivity index (χ1) is 9.31. The van der Waals surface area contributed by atoms with Crippen LogP contribution in [0.15, 0.2) is 0 Å². The summed E-state index contributed by atoms with van der Waals surface area (Å²) in [5.74, 6) is 0. The van der Waals surface area contributed by atoms with Crippen LogP contribution in [0.2, 0.25) is 0 Å². The van der Waals surface area contributed by atoms with Crippen LogP contribution >= 0.6 is 0 Å². The molecule has 1 saturated carbocycles. The Morgan fingerprint density at radius 1 is 1.11 bits per heavy atom. The molecular weight excluding hydrogens is 236 g/mol. The summed E-state index contributed by atoms with van der Waals surface area (Å²) in [6, 6.07) is 0.785. The van der Waals surface area contributed by atoms with Gasteiger partial charge >= 0.3 is 0 Å². The minimum absolute atomic E-state index is 0.303. The third kappa shape index (κ3) is 3.14. The molecule has 3 aliphatic rings. The number of nitrogens with zero attached hydrogens (tertiary/aromatic N) is 1. The highest BCUT2D eigenvalue weighted by Gasteiger charge is 2.43. The second-order valence-corrected chi connectivity index (χ2v) is 6.89. The fourth-order valence-electron chi connectivity index (χ4n) is 4.49. The molecule has 0 aromatic carbocycles. The number of rotatable bonds is 5. The zero-order valence-electron chi connectivity index (χ0n) is 12.3. The van der Waals surface area contributed by atoms with Crippen LogP contribution < -0.4 is 5.73 Å². The second kappa shape index (κ2) is 6.11. The SMILES string of the molecule is NCCCC1CCCN1CC1CCC2(CCCC2)O1. The van der Waals surface area contributed by atoms with Gasteiger partial charge in [0, 0.05) is 12.6 Å². The highest BCUT2D eigenvalue weighted by molar-refractivity contribution is 4.94. The van der Waals surface area contributed by atoms with E-state index in [9.17, 15) is 0 Å². The molecule has 110 valence electrons. The van der Waals surface area contributed by atoms with Crippen molar-refractivity contribution >= 4 is 0 Å². The van der Waals surface area contributed by atoms with E-state index in [0.717, 1.165) is 12.6 Å². The molecule has 0 aromatic heterocycles. The largest absolute Gasteiger partial charge is 0.370 e. The lowest BCUT2D eigenvalue weighted by molar-refractivity contribution is -0.0486. The molecule has 2 atom stereocenters. The van der Waals surface area contributed by atoms with E-state index >= 15 is 0 Å². The van der Waals surface area contributed by atoms with Crippen molar-refractivity contribution in [1.29, 1.82) is 0 Å². The molecule has 2 aliphatic heterocycles. The van der Waals surface area contributed by atoms with Crippen molar-refractivity contribution in [3.63, 3.8) is 0 Å². The van der Waals surface area contributed by atoms with Gasteiger partial charge in [0.1, 0.15) is 0 Å². The standard InChI is InChI=1S/C16H30N2O/c17-11-3-5-14-6-4-12-18(14)13-15-7-10-16(19-15)8-1-2-9-16/h14-15H,1-13,17H2. The predicted molar refractivity (Wildman–Crippen MR) is 78.2 cm³/mol. The monoisotopic (exact) mass is 266 g/mol. The Morgan fingerprint density at radius 3 is 2.74 bits per heavy atom. The molecule has 0 amide bonds. The van der Waals surface area contributed by atoms with Crippen LogP contribution in [0.3, 0.4) is 0 Å². The molecular formula is C16H30N2O. The Kier molecular flexibility index (Phi) is 4.45. The van der Waals surface area contributed by atoms with Gasteiger partial charge in [-0.3, -0.25) is 4.90 Å². The number of hydrogen-bond donors (Lipinski definition) is 1. The zero-order valence-corrected chi connectivity index (χ0v) is 12.3. The van der Waals surface area contributed by atoms with Crippen LogP contribution in [0.1, 0.15) is 64.2 Å². The molecule has 3 heteroatoms. The Bertz CT molecular complexity index is 288. The Hall–Kier alpha value is -0.120. The molecule has 2 unspecified atom stereocenters. The van der Waals surface area contributed by atoms with E-state index in [-0.39, 0.29) is 0 Å². The van der Waals surface area contributed by atoms with Crippen molar-refractivity contribution < 1.29 is 4.74 Å². The molecule has 1 aliphatic carbocycles. The first kappa shape index (κ1) is 13.8. The summed E-state index contributed by atoms with van der Waals surface area (Å²) in [6.45, 7) is 3.30. The minimum atomic E-state index is 0.303. The molecule has 0 bridgehead atoms. The van der Waals surface area contributed by atoms with E-state index < -0.39 is 0 Å². The first-order valence-corrected chi connectivity index (χ1v) is 8.43. The maximum Gasteiger partial charge on any atom is 0.0710 e. The molecule has 2 heterocycles. The summed E-state index contributed by atoms with van der Waals surface area (Å²) in [4.78, 5) is 2.69. The van der Waals surface area contributed by atoms with Gasteiger partial charge in [-0.1, -0.05) is 12.8 Å². The number of ether oxygens (including phenoxy) is 1. The maximum absolute atomic E-state index is 6.46. The van der Waals surface area contributed by atoms with Gasteiger partial charge in [-0.2, -0.15) is 0 Å². The van der Waals surface area contributed by atoms with E-state index in [1.807, 2.05) is 0 Å². The van der Waals surface area contributed by atoms with Gasteiger partial charge < -0.3 is 10.5 Å². The van der Waals surface area contributed by atoms with E-state index in [1.165, 1.54) is 77.3 Å². The summed E-state index contributed by atoms with van der Waals surface area (Å²) >= 11 is 0. The van der Waals surface area contributed by atoms with Crippen molar-refractivity contribution in [1.82, 2.24) is 4.90 Å². The van der Waals surface area contributed by atoms with Gasteiger partial charge in [0.15, 0.2) is 0 Å². The molecule has 1 spiro atoms. The Labute approximate surface area is 117 Å². The second-order valence-electron chi connectivity index (χ2n) is 6.89. The Balaban J connectivity index is 1.48. The average molecular weight is 266 g/mol. The van der Waals surface area contributed by atoms with E-state index in [2.05, 4.69) is 4.90 Å². The van der Waals surface area contributed by atoms with Crippen LogP contribution in [0, 0.1) is 0 Å². The quantitative estimate of drug-likeness (QED) is 0.831. The first-order valence-electron chi connectivity index (χ1n) is 8.43. The molecule has 0 radical (unpaired) electrons. The van der Waals surface area contributed by atoms with Crippen LogP contribution in [-0.4, -0.2) is 42.3 Å². The third-order valence-electron chi connectivity index (χ3n) is 5.53. The fourth-order valence-corrected chi connectivity index (χ4v) is 4.49. The van der Waals surface area contributed by atoms with Crippen LogP contribution in [-0.2, 0) is 4.74 Å². The van der Waals surface area contributed by atoms with Gasteiger partial charge in [-0.05, 0) is 64.5 Å². The molecule has 3 nitrogen and oxygen atoms in total. The molecule has 19 heavy (non-hydrogen) atoms. The lowest BCUT2D eigenvalue weighted by Crippen LogP contribution is -2.37. The van der Waals surface area contributed by atoms with Crippen molar-refractivity contribution in [2.75, 3.05) is 19.6 Å². The summed E-state index contributed by atoms with van der Waals surface area (Å²) in [5, 5.41) is 0. The average Bonchev–Trinajstić information content (AvgIpc) is 3.12. The highest BCUT2D eigenvalue weighted by atomic mass is 16.5. The summed E-state index contributed by atoms with van der Waals surface area (Å²) < 4.78 is 6.46. The normalized spacial score (nSPS) is 34.6. The summed E-state index contributed by atoms with van der Waals surface area (Å²) in [6.07, 6.45) is 13.7. The van der Waals surface area contributed by atoms with Gasteiger partial charge in [-0.25, -0.2) is 0 Å². The maximum atomic E-state index is 6.46. The lowest BCUT2D eigenvalue weighted by atomic mass is 9.98. The van der Waals surface area contributed by atoms with Crippen molar-refractivity contribution in [2.45, 2.75) is 82.0 Å². The predicted octanol–water partition coefficient (Wildman–Crippen LogP) is 2.68. The lowest BCUT2D eigenvalue weighted by Gasteiger charge is -2.29. The summed E-state index contributed by atoms with van der Waals surface area (Å²) in [7, 11) is 0. The highest BCUT2D eigenvalue weighted by Crippen LogP contribution is 2.43. The van der Waals surface area contributed by atoms with Crippen LogP contribution in [0.25, 0.3) is 0 Å². The fraction of sp³-hybridized carbons (Fsp3) is 1.00. The third-order valence-corrected chi connectivity index (χ3v) is 5.53. The van der Waals surface area contributed by atoms with Crippen molar-refractivity contribution in [2.24, 2.45) is 5.73 Å². The number of nitrogens with two attached hydrogens (primary N) is 1. The van der Waals surface area contributed by atoms with Crippen LogP contribution in [0.4, 0.5) is 0 Å². The van der Waals surface area contributed by atoms with E-state index in [0.29, 0.717) is 11.7 Å². The zero-order chi connectivity index (χ0) is 13.1. The van der Waals surface area contributed by atoms with Gasteiger partial charge in [-0.15, -0.1) is 0 Å². The minimum Gasteiger partial charge on any atom is -0.370 e.